The number of carboxylic acid groups (broad SMARTS) is 1. The molecule has 1 amide bonds. The predicted molar refractivity (Wildman–Crippen MR) is 109 cm³/mol. The SMILES string of the molecule is CC(C(=O)C(=O)O)c1c2c(c(O)c3ncc(Cc4ccc(F)cc4)cc13)C(=O)N(C)C2. The fourth-order valence-corrected chi connectivity index (χ4v) is 4.10. The summed E-state index contributed by atoms with van der Waals surface area (Å²) < 4.78 is 13.2. The van der Waals surface area contributed by atoms with E-state index in [1.165, 1.54) is 30.2 Å². The van der Waals surface area contributed by atoms with E-state index in [0.29, 0.717) is 22.9 Å². The summed E-state index contributed by atoms with van der Waals surface area (Å²) in [6, 6.07) is 7.72. The highest BCUT2D eigenvalue weighted by molar-refractivity contribution is 6.35. The summed E-state index contributed by atoms with van der Waals surface area (Å²) in [5, 5.41) is 20.4. The molecule has 0 saturated carbocycles. The number of fused-ring (bicyclic) bond motifs is 2. The summed E-state index contributed by atoms with van der Waals surface area (Å²) in [5.74, 6) is -4.68. The zero-order valence-electron chi connectivity index (χ0n) is 16.8. The molecule has 0 saturated heterocycles. The van der Waals surface area contributed by atoms with E-state index in [1.807, 2.05) is 0 Å². The van der Waals surface area contributed by atoms with E-state index in [2.05, 4.69) is 4.98 Å². The van der Waals surface area contributed by atoms with E-state index in [-0.39, 0.29) is 29.2 Å². The molecule has 0 spiro atoms. The Morgan fingerprint density at radius 2 is 1.90 bits per heavy atom. The Hall–Kier alpha value is -3.81. The van der Waals surface area contributed by atoms with E-state index in [1.54, 1.807) is 25.2 Å². The average Bonchev–Trinajstić information content (AvgIpc) is 3.03. The number of benzene rings is 2. The van der Waals surface area contributed by atoms with Crippen LogP contribution in [0.15, 0.2) is 36.5 Å². The van der Waals surface area contributed by atoms with Gasteiger partial charge in [0.15, 0.2) is 5.75 Å². The van der Waals surface area contributed by atoms with Crippen molar-refractivity contribution in [2.24, 2.45) is 0 Å². The number of hydrogen-bond donors (Lipinski definition) is 2. The second-order valence-corrected chi connectivity index (χ2v) is 7.71. The molecule has 0 aliphatic carbocycles. The van der Waals surface area contributed by atoms with Crippen LogP contribution < -0.4 is 0 Å². The fraction of sp³-hybridized carbons (Fsp3) is 0.217. The first-order chi connectivity index (χ1) is 14.7. The molecule has 1 unspecified atom stereocenters. The molecular weight excluding hydrogens is 403 g/mol. The molecule has 0 radical (unpaired) electrons. The van der Waals surface area contributed by atoms with Gasteiger partial charge in [-0.3, -0.25) is 14.6 Å². The highest BCUT2D eigenvalue weighted by atomic mass is 19.1. The Kier molecular flexibility index (Phi) is 4.93. The van der Waals surface area contributed by atoms with Gasteiger partial charge in [0.1, 0.15) is 11.3 Å². The number of aromatic hydroxyl groups is 1. The van der Waals surface area contributed by atoms with E-state index >= 15 is 0 Å². The second kappa shape index (κ2) is 7.46. The van der Waals surface area contributed by atoms with Gasteiger partial charge >= 0.3 is 5.97 Å². The predicted octanol–water partition coefficient (Wildman–Crippen LogP) is 3.01. The van der Waals surface area contributed by atoms with Crippen LogP contribution in [0, 0.1) is 5.82 Å². The summed E-state index contributed by atoms with van der Waals surface area (Å²) in [6.07, 6.45) is 1.95. The van der Waals surface area contributed by atoms with E-state index in [0.717, 1.165) is 11.1 Å². The second-order valence-electron chi connectivity index (χ2n) is 7.71. The number of Topliss-reactive ketones (excluding diaryl/α,β-unsaturated/α-hetero) is 1. The summed E-state index contributed by atoms with van der Waals surface area (Å²) in [4.78, 5) is 42.0. The number of carbonyl (C=O) groups is 3. The number of pyridine rings is 1. The van der Waals surface area contributed by atoms with Crippen LogP contribution in [0.4, 0.5) is 4.39 Å². The largest absolute Gasteiger partial charge is 0.505 e. The number of ketones is 1. The van der Waals surface area contributed by atoms with Crippen LogP contribution >= 0.6 is 0 Å². The van der Waals surface area contributed by atoms with Crippen LogP contribution in [-0.2, 0) is 22.6 Å². The van der Waals surface area contributed by atoms with Gasteiger partial charge in [-0.2, -0.15) is 0 Å². The Morgan fingerprint density at radius 1 is 1.23 bits per heavy atom. The van der Waals surface area contributed by atoms with E-state index < -0.39 is 23.6 Å². The molecule has 2 N–H and O–H groups in total. The molecule has 8 heteroatoms. The van der Waals surface area contributed by atoms with Crippen LogP contribution in [0.5, 0.6) is 5.75 Å². The minimum atomic E-state index is -1.57. The number of nitrogens with zero attached hydrogens (tertiary/aromatic N) is 2. The van der Waals surface area contributed by atoms with E-state index in [9.17, 15) is 29.0 Å². The maximum Gasteiger partial charge on any atom is 0.372 e. The molecule has 3 aromatic rings. The number of rotatable bonds is 5. The molecule has 31 heavy (non-hydrogen) atoms. The molecule has 2 heterocycles. The average molecular weight is 422 g/mol. The van der Waals surface area contributed by atoms with Gasteiger partial charge in [-0.05, 0) is 46.9 Å². The molecule has 1 aliphatic heterocycles. The Labute approximate surface area is 176 Å². The number of phenolic OH excluding ortho intramolecular Hbond substituents is 1. The van der Waals surface area contributed by atoms with Crippen LogP contribution in [0.25, 0.3) is 10.9 Å². The summed E-state index contributed by atoms with van der Waals surface area (Å²) in [7, 11) is 1.56. The lowest BCUT2D eigenvalue weighted by Gasteiger charge is -2.18. The standard InChI is InChI=1S/C23H19FN2O5/c1-11(20(27)23(30)31)17-15-8-13(7-12-3-5-14(24)6-4-12)9-25-19(15)21(28)18-16(17)10-26(2)22(18)29/h3-6,8-9,11,28H,7,10H2,1-2H3,(H,30,31). The van der Waals surface area contributed by atoms with Crippen molar-refractivity contribution < 1.29 is 29.0 Å². The lowest BCUT2D eigenvalue weighted by molar-refractivity contribution is -0.149. The topological polar surface area (TPSA) is 108 Å². The summed E-state index contributed by atoms with van der Waals surface area (Å²) in [5.41, 5.74) is 2.55. The van der Waals surface area contributed by atoms with Gasteiger partial charge in [-0.15, -0.1) is 0 Å². The number of hydrogen-bond acceptors (Lipinski definition) is 5. The molecule has 7 nitrogen and oxygen atoms in total. The van der Waals surface area contributed by atoms with Gasteiger partial charge in [0.25, 0.3) is 5.91 Å². The fourth-order valence-electron chi connectivity index (χ4n) is 4.10. The van der Waals surface area contributed by atoms with Crippen molar-refractivity contribution in [2.45, 2.75) is 25.8 Å². The lowest BCUT2D eigenvalue weighted by atomic mass is 9.86. The molecule has 0 bridgehead atoms. The third-order valence-electron chi connectivity index (χ3n) is 5.64. The number of carboxylic acids is 1. The van der Waals surface area contributed by atoms with Crippen molar-refractivity contribution in [3.05, 3.63) is 70.2 Å². The van der Waals surface area contributed by atoms with Crippen molar-refractivity contribution in [3.63, 3.8) is 0 Å². The molecule has 1 aromatic heterocycles. The Morgan fingerprint density at radius 3 is 2.55 bits per heavy atom. The molecule has 158 valence electrons. The number of aromatic nitrogens is 1. The molecule has 4 rings (SSSR count). The van der Waals surface area contributed by atoms with Gasteiger partial charge < -0.3 is 15.1 Å². The van der Waals surface area contributed by atoms with E-state index in [4.69, 9.17) is 0 Å². The van der Waals surface area contributed by atoms with Crippen LogP contribution in [0.3, 0.4) is 0 Å². The minimum Gasteiger partial charge on any atom is -0.505 e. The van der Waals surface area contributed by atoms with Crippen molar-refractivity contribution in [3.8, 4) is 5.75 Å². The van der Waals surface area contributed by atoms with Gasteiger partial charge in [-0.1, -0.05) is 19.1 Å². The van der Waals surface area contributed by atoms with Gasteiger partial charge in [-0.25, -0.2) is 9.18 Å². The molecule has 0 fully saturated rings. The number of phenols is 1. The lowest BCUT2D eigenvalue weighted by Crippen LogP contribution is -2.21. The first-order valence-electron chi connectivity index (χ1n) is 9.62. The van der Waals surface area contributed by atoms with Crippen molar-refractivity contribution in [1.29, 1.82) is 0 Å². The summed E-state index contributed by atoms with van der Waals surface area (Å²) >= 11 is 0. The molecule has 2 aromatic carbocycles. The van der Waals surface area contributed by atoms with Crippen LogP contribution in [0.1, 0.15) is 45.5 Å². The van der Waals surface area contributed by atoms with Gasteiger partial charge in [0.2, 0.25) is 5.78 Å². The highest BCUT2D eigenvalue weighted by Gasteiger charge is 2.36. The number of carbonyl (C=O) groups excluding carboxylic acids is 2. The van der Waals surface area contributed by atoms with Crippen LogP contribution in [0.2, 0.25) is 0 Å². The van der Waals surface area contributed by atoms with Gasteiger partial charge in [0, 0.05) is 25.2 Å². The number of aliphatic carboxylic acids is 1. The quantitative estimate of drug-likeness (QED) is 0.612. The maximum absolute atomic E-state index is 13.2. The molecular formula is C23H19FN2O5. The highest BCUT2D eigenvalue weighted by Crippen LogP contribution is 2.42. The molecule has 1 aliphatic rings. The number of halogens is 1. The maximum atomic E-state index is 13.2. The zero-order chi connectivity index (χ0) is 22.4. The summed E-state index contributed by atoms with van der Waals surface area (Å²) in [6.45, 7) is 1.62. The Bertz CT molecular complexity index is 1250. The third kappa shape index (κ3) is 3.39. The van der Waals surface area contributed by atoms with Crippen molar-refractivity contribution in [2.75, 3.05) is 7.05 Å². The van der Waals surface area contributed by atoms with Crippen LogP contribution in [-0.4, -0.2) is 44.8 Å². The first kappa shape index (κ1) is 20.5. The molecule has 1 atom stereocenters. The monoisotopic (exact) mass is 422 g/mol. The van der Waals surface area contributed by atoms with Crippen molar-refractivity contribution in [1.82, 2.24) is 9.88 Å². The minimum absolute atomic E-state index is 0.0498. The van der Waals surface area contributed by atoms with Crippen molar-refractivity contribution >= 4 is 28.6 Å². The normalized spacial score (nSPS) is 14.0. The third-order valence-corrected chi connectivity index (χ3v) is 5.64. The number of amides is 1. The smallest absolute Gasteiger partial charge is 0.372 e. The van der Waals surface area contributed by atoms with Gasteiger partial charge in [0.05, 0.1) is 11.5 Å². The first-order valence-corrected chi connectivity index (χ1v) is 9.62. The Balaban J connectivity index is 1.94. The zero-order valence-corrected chi connectivity index (χ0v) is 16.8.